The zero-order chi connectivity index (χ0) is 12.3. The average molecular weight is 255 g/mol. The number of rotatable bonds is 4. The van der Waals surface area contributed by atoms with Crippen LogP contribution in [-0.4, -0.2) is 32.1 Å². The van der Waals surface area contributed by atoms with Crippen LogP contribution in [-0.2, 0) is 16.1 Å². The Hall–Kier alpha value is -1.69. The van der Waals surface area contributed by atoms with Crippen LogP contribution in [0.1, 0.15) is 13.3 Å². The number of aromatic nitrogens is 4. The van der Waals surface area contributed by atoms with Gasteiger partial charge in [-0.2, -0.15) is 0 Å². The molecule has 0 saturated carbocycles. The van der Waals surface area contributed by atoms with Gasteiger partial charge in [-0.15, -0.1) is 0 Å². The Morgan fingerprint density at radius 1 is 1.47 bits per heavy atom. The molecule has 0 aliphatic heterocycles. The van der Waals surface area contributed by atoms with E-state index in [2.05, 4.69) is 15.0 Å². The number of halogens is 1. The lowest BCUT2D eigenvalue weighted by atomic mass is 10.5. The van der Waals surface area contributed by atoms with Gasteiger partial charge in [0, 0.05) is 0 Å². The van der Waals surface area contributed by atoms with Gasteiger partial charge in [-0.25, -0.2) is 15.0 Å². The van der Waals surface area contributed by atoms with E-state index in [1.54, 1.807) is 4.57 Å². The van der Waals surface area contributed by atoms with Gasteiger partial charge in [-0.1, -0.05) is 18.5 Å². The van der Waals surface area contributed by atoms with Crippen LogP contribution in [0.25, 0.3) is 11.2 Å². The summed E-state index contributed by atoms with van der Waals surface area (Å²) in [6, 6.07) is 0. The Kier molecular flexibility index (Phi) is 3.53. The Bertz CT molecular complexity index is 540. The topological polar surface area (TPSA) is 69.9 Å². The third-order valence-electron chi connectivity index (χ3n) is 2.12. The van der Waals surface area contributed by atoms with Crippen molar-refractivity contribution in [2.75, 3.05) is 6.61 Å². The van der Waals surface area contributed by atoms with Crippen LogP contribution in [0.4, 0.5) is 0 Å². The predicted octanol–water partition coefficient (Wildman–Crippen LogP) is 1.43. The monoisotopic (exact) mass is 254 g/mol. The molecule has 6 nitrogen and oxygen atoms in total. The molecule has 2 aromatic rings. The van der Waals surface area contributed by atoms with Crippen LogP contribution >= 0.6 is 11.6 Å². The molecule has 0 aromatic carbocycles. The second kappa shape index (κ2) is 5.09. The van der Waals surface area contributed by atoms with Crippen molar-refractivity contribution in [1.29, 1.82) is 0 Å². The second-order valence-corrected chi connectivity index (χ2v) is 3.79. The maximum absolute atomic E-state index is 11.5. The Balaban J connectivity index is 2.19. The highest BCUT2D eigenvalue weighted by Crippen LogP contribution is 2.16. The molecule has 2 heterocycles. The number of ether oxygens (including phenoxy) is 1. The number of carbonyl (C=O) groups excluding carboxylic acids is 1. The molecule has 0 unspecified atom stereocenters. The molecule has 0 spiro atoms. The summed E-state index contributed by atoms with van der Waals surface area (Å²) in [5.74, 6) is -0.319. The number of hydrogen-bond donors (Lipinski definition) is 0. The molecule has 90 valence electrons. The van der Waals surface area contributed by atoms with Crippen LogP contribution in [0.2, 0.25) is 5.15 Å². The van der Waals surface area contributed by atoms with E-state index in [-0.39, 0.29) is 17.7 Å². The summed E-state index contributed by atoms with van der Waals surface area (Å²) in [6.07, 6.45) is 3.63. The molecule has 0 atom stereocenters. The number of hydrogen-bond acceptors (Lipinski definition) is 5. The fraction of sp³-hybridized carbons (Fsp3) is 0.400. The third-order valence-corrected chi connectivity index (χ3v) is 2.40. The molecule has 0 N–H and O–H groups in total. The second-order valence-electron chi connectivity index (χ2n) is 3.43. The predicted molar refractivity (Wildman–Crippen MR) is 61.6 cm³/mol. The highest BCUT2D eigenvalue weighted by molar-refractivity contribution is 6.33. The summed E-state index contributed by atoms with van der Waals surface area (Å²) in [6.45, 7) is 2.43. The first-order valence-corrected chi connectivity index (χ1v) is 5.57. The number of carbonyl (C=O) groups is 1. The molecule has 17 heavy (non-hydrogen) atoms. The SMILES string of the molecule is CCCOC(=O)Cn1cnc2c(Cl)ncnc21. The van der Waals surface area contributed by atoms with Crippen LogP contribution in [0.5, 0.6) is 0 Å². The van der Waals surface area contributed by atoms with Crippen molar-refractivity contribution in [3.63, 3.8) is 0 Å². The van der Waals surface area contributed by atoms with Crippen molar-refractivity contribution in [3.05, 3.63) is 17.8 Å². The molecule has 7 heteroatoms. The molecule has 0 amide bonds. The molecule has 0 bridgehead atoms. The maximum Gasteiger partial charge on any atom is 0.326 e. The summed E-state index contributed by atoms with van der Waals surface area (Å²) < 4.78 is 6.56. The molecule has 0 aliphatic carbocycles. The minimum absolute atomic E-state index is 0.0733. The Morgan fingerprint density at radius 2 is 2.29 bits per heavy atom. The van der Waals surface area contributed by atoms with Crippen LogP contribution in [0.15, 0.2) is 12.7 Å². The van der Waals surface area contributed by atoms with Gasteiger partial charge in [0.25, 0.3) is 0 Å². The summed E-state index contributed by atoms with van der Waals surface area (Å²) >= 11 is 5.85. The molecular formula is C10H11ClN4O2. The van der Waals surface area contributed by atoms with E-state index in [1.807, 2.05) is 6.92 Å². The van der Waals surface area contributed by atoms with Gasteiger partial charge >= 0.3 is 5.97 Å². The lowest BCUT2D eigenvalue weighted by Crippen LogP contribution is -2.13. The largest absolute Gasteiger partial charge is 0.464 e. The Labute approximate surface area is 103 Å². The van der Waals surface area contributed by atoms with Gasteiger partial charge in [0.05, 0.1) is 12.9 Å². The molecule has 0 radical (unpaired) electrons. The first kappa shape index (κ1) is 11.8. The molecular weight excluding hydrogens is 244 g/mol. The van der Waals surface area contributed by atoms with Crippen molar-refractivity contribution in [2.24, 2.45) is 0 Å². The first-order chi connectivity index (χ1) is 8.22. The van der Waals surface area contributed by atoms with Gasteiger partial charge in [-0.05, 0) is 6.42 Å². The zero-order valence-corrected chi connectivity index (χ0v) is 10.0. The average Bonchev–Trinajstić information content (AvgIpc) is 2.71. The molecule has 0 saturated heterocycles. The molecule has 2 aromatic heterocycles. The minimum atomic E-state index is -0.319. The van der Waals surface area contributed by atoms with Gasteiger partial charge in [0.2, 0.25) is 0 Å². The van der Waals surface area contributed by atoms with Crippen LogP contribution in [0.3, 0.4) is 0 Å². The van der Waals surface area contributed by atoms with E-state index in [0.717, 1.165) is 6.42 Å². The summed E-state index contributed by atoms with van der Waals surface area (Å²) in [5.41, 5.74) is 1.01. The quantitative estimate of drug-likeness (QED) is 0.610. The maximum atomic E-state index is 11.5. The van der Waals surface area contributed by atoms with Gasteiger partial charge in [-0.3, -0.25) is 4.79 Å². The Morgan fingerprint density at radius 3 is 3.06 bits per heavy atom. The third kappa shape index (κ3) is 2.52. The van der Waals surface area contributed by atoms with E-state index in [4.69, 9.17) is 16.3 Å². The van der Waals surface area contributed by atoms with Crippen LogP contribution < -0.4 is 0 Å². The summed E-state index contributed by atoms with van der Waals surface area (Å²) in [4.78, 5) is 23.3. The number of fused-ring (bicyclic) bond motifs is 1. The van der Waals surface area contributed by atoms with Gasteiger partial charge in [0.1, 0.15) is 18.4 Å². The van der Waals surface area contributed by atoms with Gasteiger partial charge < -0.3 is 9.30 Å². The summed E-state index contributed by atoms with van der Waals surface area (Å²) in [7, 11) is 0. The fourth-order valence-corrected chi connectivity index (χ4v) is 1.55. The molecule has 0 fully saturated rings. The highest BCUT2D eigenvalue weighted by atomic mass is 35.5. The van der Waals surface area contributed by atoms with Crippen molar-refractivity contribution in [1.82, 2.24) is 19.5 Å². The van der Waals surface area contributed by atoms with Gasteiger partial charge in [0.15, 0.2) is 10.8 Å². The van der Waals surface area contributed by atoms with Crippen LogP contribution in [0, 0.1) is 0 Å². The number of esters is 1. The lowest BCUT2D eigenvalue weighted by molar-refractivity contribution is -0.144. The van der Waals surface area contributed by atoms with Crippen molar-refractivity contribution >= 4 is 28.7 Å². The van der Waals surface area contributed by atoms with E-state index >= 15 is 0 Å². The van der Waals surface area contributed by atoms with Crippen molar-refractivity contribution in [2.45, 2.75) is 19.9 Å². The normalized spacial score (nSPS) is 10.7. The van der Waals surface area contributed by atoms with Crippen molar-refractivity contribution in [3.8, 4) is 0 Å². The van der Waals surface area contributed by atoms with Crippen molar-refractivity contribution < 1.29 is 9.53 Å². The van der Waals surface area contributed by atoms with E-state index < -0.39 is 0 Å². The lowest BCUT2D eigenvalue weighted by Gasteiger charge is -2.04. The standard InChI is InChI=1S/C10H11ClN4O2/c1-2-3-17-7(16)4-15-6-14-8-9(11)12-5-13-10(8)15/h5-6H,2-4H2,1H3. The number of nitrogens with zero attached hydrogens (tertiary/aromatic N) is 4. The minimum Gasteiger partial charge on any atom is -0.464 e. The molecule has 2 rings (SSSR count). The van der Waals surface area contributed by atoms with E-state index in [1.165, 1.54) is 12.7 Å². The smallest absolute Gasteiger partial charge is 0.326 e. The van der Waals surface area contributed by atoms with E-state index in [0.29, 0.717) is 17.8 Å². The zero-order valence-electron chi connectivity index (χ0n) is 9.26. The summed E-state index contributed by atoms with van der Waals surface area (Å²) in [5, 5.41) is 0.274. The van der Waals surface area contributed by atoms with E-state index in [9.17, 15) is 4.79 Å². The fourth-order valence-electron chi connectivity index (χ4n) is 1.37. The number of imidazole rings is 1. The molecule has 0 aliphatic rings. The highest BCUT2D eigenvalue weighted by Gasteiger charge is 2.11. The first-order valence-electron chi connectivity index (χ1n) is 5.19.